The Bertz CT molecular complexity index is 684. The first-order valence-electron chi connectivity index (χ1n) is 9.99. The van der Waals surface area contributed by atoms with Gasteiger partial charge in [-0.1, -0.05) is 37.5 Å². The third-order valence-corrected chi connectivity index (χ3v) is 6.27. The smallest absolute Gasteiger partial charge is 0.465 e. The quantitative estimate of drug-likeness (QED) is 0.548. The maximum atomic E-state index is 11.7. The Hall–Kier alpha value is -1.59. The number of esters is 1. The van der Waals surface area contributed by atoms with Gasteiger partial charge in [-0.15, -0.1) is 0 Å². The minimum atomic E-state index is -0.347. The van der Waals surface area contributed by atoms with Gasteiger partial charge in [0, 0.05) is 0 Å². The highest BCUT2D eigenvalue weighted by Gasteiger charge is 2.53. The first-order valence-corrected chi connectivity index (χ1v) is 9.99. The number of carbonyl (C=O) groups excluding carboxylic acids is 1. The molecule has 0 spiro atoms. The van der Waals surface area contributed by atoms with E-state index >= 15 is 0 Å². The van der Waals surface area contributed by atoms with Crippen molar-refractivity contribution in [1.29, 1.82) is 0 Å². The van der Waals surface area contributed by atoms with Crippen LogP contribution in [0.15, 0.2) is 29.7 Å². The van der Waals surface area contributed by atoms with E-state index in [9.17, 15) is 4.79 Å². The lowest BCUT2D eigenvalue weighted by Crippen LogP contribution is -2.41. The molecule has 1 aromatic carbocycles. The van der Waals surface area contributed by atoms with Gasteiger partial charge in [0.25, 0.3) is 0 Å². The maximum absolute atomic E-state index is 11.7. The fourth-order valence-electron chi connectivity index (χ4n) is 3.82. The first kappa shape index (κ1) is 20.2. The number of ether oxygens (including phenoxy) is 1. The van der Waals surface area contributed by atoms with Gasteiger partial charge < -0.3 is 14.0 Å². The van der Waals surface area contributed by atoms with E-state index in [-0.39, 0.29) is 24.3 Å². The lowest BCUT2D eigenvalue weighted by Gasteiger charge is -2.32. The Morgan fingerprint density at radius 1 is 1.04 bits per heavy atom. The van der Waals surface area contributed by atoms with Crippen LogP contribution in [0.5, 0.6) is 0 Å². The van der Waals surface area contributed by atoms with E-state index in [1.54, 1.807) is 12.1 Å². The fourth-order valence-corrected chi connectivity index (χ4v) is 3.82. The van der Waals surface area contributed by atoms with Gasteiger partial charge in [-0.05, 0) is 69.6 Å². The molecule has 5 heteroatoms. The van der Waals surface area contributed by atoms with Crippen LogP contribution in [0.25, 0.3) is 6.08 Å². The molecule has 1 saturated carbocycles. The fraction of sp³-hybridized carbons (Fsp3) is 0.591. The summed E-state index contributed by atoms with van der Waals surface area (Å²) in [5.41, 5.74) is 2.14. The van der Waals surface area contributed by atoms with Gasteiger partial charge in [-0.25, -0.2) is 4.79 Å². The van der Waals surface area contributed by atoms with Crippen LogP contribution in [-0.4, -0.2) is 31.4 Å². The van der Waals surface area contributed by atoms with Crippen LogP contribution in [0.3, 0.4) is 0 Å². The van der Waals surface area contributed by atoms with Crippen LogP contribution in [0.2, 0.25) is 0 Å². The lowest BCUT2D eigenvalue weighted by atomic mass is 9.66. The number of hydrogen-bond acceptors (Lipinski definition) is 4. The van der Waals surface area contributed by atoms with Gasteiger partial charge in [0.05, 0.1) is 23.9 Å². The molecule has 146 valence electrons. The van der Waals surface area contributed by atoms with E-state index in [0.29, 0.717) is 11.5 Å². The number of rotatable bonds is 4. The van der Waals surface area contributed by atoms with Crippen molar-refractivity contribution in [3.05, 3.63) is 40.9 Å². The van der Waals surface area contributed by atoms with Crippen molar-refractivity contribution >= 4 is 19.2 Å². The van der Waals surface area contributed by atoms with E-state index in [2.05, 4.69) is 33.8 Å². The normalized spacial score (nSPS) is 22.7. The highest BCUT2D eigenvalue weighted by atomic mass is 16.7. The Morgan fingerprint density at radius 2 is 1.59 bits per heavy atom. The summed E-state index contributed by atoms with van der Waals surface area (Å²) in [6, 6.07) is 7.53. The summed E-state index contributed by atoms with van der Waals surface area (Å²) in [6.07, 6.45) is 8.36. The van der Waals surface area contributed by atoms with E-state index in [1.165, 1.54) is 44.7 Å². The van der Waals surface area contributed by atoms with Crippen LogP contribution in [0.1, 0.15) is 75.7 Å². The van der Waals surface area contributed by atoms with Crippen molar-refractivity contribution in [2.45, 2.75) is 71.0 Å². The molecule has 0 unspecified atom stereocenters. The zero-order chi connectivity index (χ0) is 19.7. The number of hydrogen-bond donors (Lipinski definition) is 0. The molecule has 0 bridgehead atoms. The van der Waals surface area contributed by atoms with Crippen molar-refractivity contribution in [2.24, 2.45) is 5.92 Å². The van der Waals surface area contributed by atoms with Crippen molar-refractivity contribution < 1.29 is 18.8 Å². The zero-order valence-electron chi connectivity index (χ0n) is 17.2. The molecule has 0 radical (unpaired) electrons. The summed E-state index contributed by atoms with van der Waals surface area (Å²) in [5.74, 6) is 0.165. The van der Waals surface area contributed by atoms with E-state index < -0.39 is 0 Å². The number of allylic oxidation sites excluding steroid dienone is 1. The molecule has 3 rings (SSSR count). The molecule has 0 amide bonds. The summed E-state index contributed by atoms with van der Waals surface area (Å²) in [4.78, 5) is 11.7. The summed E-state index contributed by atoms with van der Waals surface area (Å²) < 4.78 is 17.5. The third kappa shape index (κ3) is 4.30. The Balaban J connectivity index is 1.90. The molecule has 0 atom stereocenters. The largest absolute Gasteiger partial charge is 0.490 e. The van der Waals surface area contributed by atoms with Gasteiger partial charge in [0.15, 0.2) is 0 Å². The highest BCUT2D eigenvalue weighted by molar-refractivity contribution is 6.55. The van der Waals surface area contributed by atoms with Gasteiger partial charge in [-0.3, -0.25) is 0 Å². The van der Waals surface area contributed by atoms with Crippen molar-refractivity contribution in [1.82, 2.24) is 0 Å². The van der Waals surface area contributed by atoms with Gasteiger partial charge in [-0.2, -0.15) is 0 Å². The highest BCUT2D eigenvalue weighted by Crippen LogP contribution is 2.42. The second kappa shape index (κ2) is 7.80. The SMILES string of the molecule is COC(=O)c1ccc(/C=C(/B2OC(C)(C)C(C)(C)O2)C2CCCCC2)cc1. The topological polar surface area (TPSA) is 44.8 Å². The molecule has 1 saturated heterocycles. The molecule has 1 aromatic rings. The van der Waals surface area contributed by atoms with E-state index in [1.807, 2.05) is 12.1 Å². The predicted molar refractivity (Wildman–Crippen MR) is 108 cm³/mol. The Morgan fingerprint density at radius 3 is 2.11 bits per heavy atom. The van der Waals surface area contributed by atoms with E-state index in [0.717, 1.165) is 5.56 Å². The molecule has 4 nitrogen and oxygen atoms in total. The van der Waals surface area contributed by atoms with Crippen LogP contribution >= 0.6 is 0 Å². The molecule has 0 N–H and O–H groups in total. The predicted octanol–water partition coefficient (Wildman–Crippen LogP) is 5.07. The van der Waals surface area contributed by atoms with Crippen LogP contribution in [0.4, 0.5) is 0 Å². The molecule has 1 heterocycles. The van der Waals surface area contributed by atoms with Crippen LogP contribution in [0, 0.1) is 5.92 Å². The molecular formula is C22H31BO4. The molecule has 27 heavy (non-hydrogen) atoms. The van der Waals surface area contributed by atoms with E-state index in [4.69, 9.17) is 14.0 Å². The second-order valence-corrected chi connectivity index (χ2v) is 8.68. The second-order valence-electron chi connectivity index (χ2n) is 8.68. The minimum Gasteiger partial charge on any atom is -0.465 e. The average molecular weight is 370 g/mol. The van der Waals surface area contributed by atoms with Crippen LogP contribution in [-0.2, 0) is 14.0 Å². The molecule has 1 aliphatic carbocycles. The van der Waals surface area contributed by atoms with Gasteiger partial charge >= 0.3 is 13.1 Å². The number of carbonyl (C=O) groups is 1. The minimum absolute atomic E-state index is 0.316. The lowest BCUT2D eigenvalue weighted by molar-refractivity contribution is 0.00578. The zero-order valence-corrected chi connectivity index (χ0v) is 17.2. The molecule has 2 aliphatic rings. The van der Waals surface area contributed by atoms with Crippen molar-refractivity contribution in [2.75, 3.05) is 7.11 Å². The first-order chi connectivity index (χ1) is 12.7. The van der Waals surface area contributed by atoms with Crippen molar-refractivity contribution in [3.63, 3.8) is 0 Å². The van der Waals surface area contributed by atoms with Crippen molar-refractivity contribution in [3.8, 4) is 0 Å². The molecule has 2 fully saturated rings. The van der Waals surface area contributed by atoms with Crippen LogP contribution < -0.4 is 0 Å². The Labute approximate surface area is 163 Å². The van der Waals surface area contributed by atoms with Gasteiger partial charge in [0.1, 0.15) is 0 Å². The summed E-state index contributed by atoms with van der Waals surface area (Å²) in [7, 11) is 1.08. The number of benzene rings is 1. The molecule has 1 aliphatic heterocycles. The summed E-state index contributed by atoms with van der Waals surface area (Å²) in [6.45, 7) is 8.38. The van der Waals surface area contributed by atoms with Gasteiger partial charge in [0.2, 0.25) is 0 Å². The average Bonchev–Trinajstić information content (AvgIpc) is 2.87. The summed E-state index contributed by atoms with van der Waals surface area (Å²) in [5, 5.41) is 0. The molecule has 0 aromatic heterocycles. The monoisotopic (exact) mass is 370 g/mol. The number of methoxy groups -OCH3 is 1. The summed E-state index contributed by atoms with van der Waals surface area (Å²) >= 11 is 0. The third-order valence-electron chi connectivity index (χ3n) is 6.27. The standard InChI is InChI=1S/C22H31BO4/c1-21(2)22(3,4)27-23(26-21)19(17-9-7-6-8-10-17)15-16-11-13-18(14-12-16)20(24)25-5/h11-15,17H,6-10H2,1-5H3/b19-15+. The molecular weight excluding hydrogens is 339 g/mol. The Kier molecular flexibility index (Phi) is 5.83. The maximum Gasteiger partial charge on any atom is 0.490 e.